The molecule has 1 N–H and O–H groups in total. The van der Waals surface area contributed by atoms with Crippen molar-refractivity contribution < 1.29 is 9.84 Å². The lowest BCUT2D eigenvalue weighted by Gasteiger charge is -2.38. The number of morpholine rings is 1. The molecule has 0 radical (unpaired) electrons. The molecule has 0 bridgehead atoms. The van der Waals surface area contributed by atoms with Gasteiger partial charge in [-0.25, -0.2) is 4.98 Å². The Balaban J connectivity index is 1.89. The fourth-order valence-corrected chi connectivity index (χ4v) is 3.25. The lowest BCUT2D eigenvalue weighted by Crippen LogP contribution is -2.49. The van der Waals surface area contributed by atoms with Crippen LogP contribution >= 0.6 is 11.6 Å². The molecule has 0 aromatic carbocycles. The Bertz CT molecular complexity index is 441. The highest BCUT2D eigenvalue weighted by Gasteiger charge is 2.37. The summed E-state index contributed by atoms with van der Waals surface area (Å²) in [6.07, 6.45) is 5.51. The topological polar surface area (TPSA) is 45.6 Å². The van der Waals surface area contributed by atoms with Crippen LogP contribution in [0.15, 0.2) is 12.3 Å². The Labute approximate surface area is 112 Å². The van der Waals surface area contributed by atoms with E-state index in [-0.39, 0.29) is 6.61 Å². The summed E-state index contributed by atoms with van der Waals surface area (Å²) in [6, 6.07) is 2.20. The maximum absolute atomic E-state index is 9.08. The second-order valence-electron chi connectivity index (χ2n) is 4.91. The van der Waals surface area contributed by atoms with Gasteiger partial charge in [-0.3, -0.25) is 0 Å². The van der Waals surface area contributed by atoms with Crippen molar-refractivity contribution in [3.8, 4) is 0 Å². The van der Waals surface area contributed by atoms with E-state index >= 15 is 0 Å². The molecule has 18 heavy (non-hydrogen) atoms. The number of halogens is 1. The second kappa shape index (κ2) is 5.03. The predicted molar refractivity (Wildman–Crippen MR) is 69.9 cm³/mol. The first-order chi connectivity index (χ1) is 8.79. The minimum Gasteiger partial charge on any atom is -0.392 e. The summed E-state index contributed by atoms with van der Waals surface area (Å²) in [5.41, 5.74) is 0.750. The van der Waals surface area contributed by atoms with Gasteiger partial charge < -0.3 is 14.7 Å². The maximum atomic E-state index is 9.08. The van der Waals surface area contributed by atoms with Crippen molar-refractivity contribution in [3.63, 3.8) is 0 Å². The molecule has 2 aliphatic rings. The monoisotopic (exact) mass is 268 g/mol. The van der Waals surface area contributed by atoms with Crippen LogP contribution in [0.4, 0.5) is 5.82 Å². The highest BCUT2D eigenvalue weighted by Crippen LogP contribution is 2.35. The van der Waals surface area contributed by atoms with E-state index in [2.05, 4.69) is 9.88 Å². The molecule has 1 saturated carbocycles. The molecular formula is C13H17ClN2O2. The zero-order valence-electron chi connectivity index (χ0n) is 10.2. The molecule has 2 fully saturated rings. The molecular weight excluding hydrogens is 252 g/mol. The summed E-state index contributed by atoms with van der Waals surface area (Å²) in [6.45, 7) is 1.55. The van der Waals surface area contributed by atoms with Gasteiger partial charge in [0.25, 0.3) is 0 Å². The third kappa shape index (κ3) is 2.09. The first-order valence-electron chi connectivity index (χ1n) is 6.43. The van der Waals surface area contributed by atoms with Crippen molar-refractivity contribution in [1.29, 1.82) is 0 Å². The van der Waals surface area contributed by atoms with E-state index in [1.165, 1.54) is 6.42 Å². The fourth-order valence-electron chi connectivity index (χ4n) is 2.96. The Hall–Kier alpha value is -0.840. The summed E-state index contributed by atoms with van der Waals surface area (Å²) in [5, 5.41) is 9.70. The number of hydrogen-bond acceptors (Lipinski definition) is 4. The summed E-state index contributed by atoms with van der Waals surface area (Å²) in [4.78, 5) is 6.68. The molecule has 0 amide bonds. The normalized spacial score (nSPS) is 27.3. The van der Waals surface area contributed by atoms with Crippen LogP contribution in [0.25, 0.3) is 0 Å². The molecule has 4 nitrogen and oxygen atoms in total. The van der Waals surface area contributed by atoms with Crippen molar-refractivity contribution in [2.24, 2.45) is 0 Å². The summed E-state index contributed by atoms with van der Waals surface area (Å²) in [5.74, 6) is 0.828. The third-order valence-corrected chi connectivity index (χ3v) is 4.09. The van der Waals surface area contributed by atoms with Crippen LogP contribution in [-0.2, 0) is 11.3 Å². The number of fused-ring (bicyclic) bond motifs is 1. The molecule has 2 heterocycles. The second-order valence-corrected chi connectivity index (χ2v) is 5.32. The van der Waals surface area contributed by atoms with Crippen LogP contribution < -0.4 is 4.90 Å². The predicted octanol–water partition coefficient (Wildman–Crippen LogP) is 1.98. The molecule has 2 unspecified atom stereocenters. The number of anilines is 1. The van der Waals surface area contributed by atoms with Crippen LogP contribution in [0.1, 0.15) is 24.8 Å². The van der Waals surface area contributed by atoms with E-state index in [1.807, 2.05) is 0 Å². The molecule has 1 aromatic heterocycles. The zero-order valence-corrected chi connectivity index (χ0v) is 10.9. The lowest BCUT2D eigenvalue weighted by atomic mass is 10.1. The van der Waals surface area contributed by atoms with Crippen LogP contribution in [0.2, 0.25) is 5.02 Å². The van der Waals surface area contributed by atoms with Crippen molar-refractivity contribution in [2.45, 2.75) is 38.0 Å². The van der Waals surface area contributed by atoms with Gasteiger partial charge in [-0.15, -0.1) is 0 Å². The fraction of sp³-hybridized carbons (Fsp3) is 0.615. The van der Waals surface area contributed by atoms with Crippen molar-refractivity contribution in [1.82, 2.24) is 4.98 Å². The first kappa shape index (κ1) is 12.2. The number of nitrogens with zero attached hydrogens (tertiary/aromatic N) is 2. The molecule has 1 aliphatic carbocycles. The zero-order chi connectivity index (χ0) is 12.5. The number of ether oxygens (including phenoxy) is 1. The van der Waals surface area contributed by atoms with Gasteiger partial charge in [-0.05, 0) is 30.9 Å². The van der Waals surface area contributed by atoms with E-state index in [4.69, 9.17) is 21.4 Å². The number of aliphatic hydroxyl groups excluding tert-OH is 1. The summed E-state index contributed by atoms with van der Waals surface area (Å²) in [7, 11) is 0. The van der Waals surface area contributed by atoms with Crippen LogP contribution in [0.3, 0.4) is 0 Å². The third-order valence-electron chi connectivity index (χ3n) is 3.82. The molecule has 2 atom stereocenters. The van der Waals surface area contributed by atoms with E-state index < -0.39 is 0 Å². The van der Waals surface area contributed by atoms with E-state index in [0.29, 0.717) is 17.2 Å². The minimum atomic E-state index is -0.0256. The molecule has 1 aliphatic heterocycles. The maximum Gasteiger partial charge on any atom is 0.147 e. The summed E-state index contributed by atoms with van der Waals surface area (Å²) < 4.78 is 5.79. The highest BCUT2D eigenvalue weighted by molar-refractivity contribution is 6.33. The van der Waals surface area contributed by atoms with Crippen LogP contribution in [0.5, 0.6) is 0 Å². The summed E-state index contributed by atoms with van der Waals surface area (Å²) >= 11 is 6.28. The smallest absolute Gasteiger partial charge is 0.147 e. The molecule has 5 heteroatoms. The van der Waals surface area contributed by atoms with Crippen molar-refractivity contribution >= 4 is 17.4 Å². The number of aliphatic hydroxyl groups is 1. The largest absolute Gasteiger partial charge is 0.392 e. The van der Waals surface area contributed by atoms with E-state index in [1.54, 1.807) is 12.3 Å². The van der Waals surface area contributed by atoms with E-state index in [0.717, 1.165) is 37.4 Å². The van der Waals surface area contributed by atoms with Gasteiger partial charge in [0.1, 0.15) is 5.82 Å². The first-order valence-corrected chi connectivity index (χ1v) is 6.81. The average Bonchev–Trinajstić information content (AvgIpc) is 2.87. The van der Waals surface area contributed by atoms with Gasteiger partial charge in [0.15, 0.2) is 0 Å². The van der Waals surface area contributed by atoms with Gasteiger partial charge >= 0.3 is 0 Å². The standard InChI is InChI=1S/C13H17ClN2O2/c14-10-6-9(8-17)7-15-13(10)16-4-5-18-12-3-1-2-11(12)16/h6-7,11-12,17H,1-5,8H2. The SMILES string of the molecule is OCc1cnc(N2CCOC3CCCC32)c(Cl)c1. The Morgan fingerprint density at radius 2 is 2.39 bits per heavy atom. The van der Waals surface area contributed by atoms with Gasteiger partial charge in [0.05, 0.1) is 30.4 Å². The highest BCUT2D eigenvalue weighted by atomic mass is 35.5. The Kier molecular flexibility index (Phi) is 3.41. The van der Waals surface area contributed by atoms with Crippen LogP contribution in [-0.4, -0.2) is 35.4 Å². The van der Waals surface area contributed by atoms with Gasteiger partial charge in [-0.2, -0.15) is 0 Å². The number of rotatable bonds is 2. The van der Waals surface area contributed by atoms with Crippen molar-refractivity contribution in [3.05, 3.63) is 22.8 Å². The lowest BCUT2D eigenvalue weighted by molar-refractivity contribution is 0.0253. The molecule has 1 saturated heterocycles. The van der Waals surface area contributed by atoms with E-state index in [9.17, 15) is 0 Å². The van der Waals surface area contributed by atoms with Crippen LogP contribution in [0, 0.1) is 0 Å². The van der Waals surface area contributed by atoms with Gasteiger partial charge in [0.2, 0.25) is 0 Å². The number of hydrogen-bond donors (Lipinski definition) is 1. The van der Waals surface area contributed by atoms with Crippen molar-refractivity contribution in [2.75, 3.05) is 18.1 Å². The Morgan fingerprint density at radius 3 is 3.17 bits per heavy atom. The van der Waals surface area contributed by atoms with Gasteiger partial charge in [-0.1, -0.05) is 11.6 Å². The van der Waals surface area contributed by atoms with Gasteiger partial charge in [0, 0.05) is 12.7 Å². The number of pyridine rings is 1. The quantitative estimate of drug-likeness (QED) is 0.891. The number of aromatic nitrogens is 1. The molecule has 0 spiro atoms. The average molecular weight is 269 g/mol. The molecule has 98 valence electrons. The Morgan fingerprint density at radius 1 is 1.50 bits per heavy atom. The molecule has 3 rings (SSSR count). The minimum absolute atomic E-state index is 0.0256. The molecule has 1 aromatic rings.